The van der Waals surface area contributed by atoms with E-state index in [-0.39, 0.29) is 6.10 Å². The molecule has 6 nitrogen and oxygen atoms in total. The zero-order valence-corrected chi connectivity index (χ0v) is 19.9. The Morgan fingerprint density at radius 2 is 1.58 bits per heavy atom. The van der Waals surface area contributed by atoms with Crippen LogP contribution in [0.15, 0.2) is 59.6 Å². The summed E-state index contributed by atoms with van der Waals surface area (Å²) >= 11 is 0. The highest BCUT2D eigenvalue weighted by atomic mass is 16.3. The Balaban J connectivity index is 1.25. The fourth-order valence-corrected chi connectivity index (χ4v) is 4.69. The maximum absolute atomic E-state index is 9.68. The Morgan fingerprint density at radius 1 is 0.909 bits per heavy atom. The lowest BCUT2D eigenvalue weighted by molar-refractivity contribution is 0.0792. The summed E-state index contributed by atoms with van der Waals surface area (Å²) < 4.78 is 0. The number of para-hydroxylation sites is 1. The van der Waals surface area contributed by atoms with Crippen molar-refractivity contribution in [2.24, 2.45) is 4.99 Å². The van der Waals surface area contributed by atoms with Gasteiger partial charge in [0.2, 0.25) is 0 Å². The molecule has 0 saturated carbocycles. The summed E-state index contributed by atoms with van der Waals surface area (Å²) in [5.74, 6) is 0.909. The molecule has 0 aromatic heterocycles. The van der Waals surface area contributed by atoms with Gasteiger partial charge in [-0.3, -0.25) is 4.90 Å². The van der Waals surface area contributed by atoms with Gasteiger partial charge in [0.25, 0.3) is 0 Å². The minimum Gasteiger partial charge on any atom is -0.393 e. The molecule has 0 radical (unpaired) electrons. The van der Waals surface area contributed by atoms with Crippen molar-refractivity contribution >= 4 is 11.6 Å². The van der Waals surface area contributed by atoms with Gasteiger partial charge in [0.15, 0.2) is 5.96 Å². The highest BCUT2D eigenvalue weighted by Gasteiger charge is 2.20. The smallest absolute Gasteiger partial charge is 0.191 e. The third kappa shape index (κ3) is 7.21. The van der Waals surface area contributed by atoms with Crippen molar-refractivity contribution in [3.05, 3.63) is 65.7 Å². The molecule has 0 spiro atoms. The number of benzene rings is 2. The average molecular weight is 450 g/mol. The molecule has 178 valence electrons. The van der Waals surface area contributed by atoms with E-state index in [9.17, 15) is 5.11 Å². The first kappa shape index (κ1) is 23.6. The number of nitrogens with one attached hydrogen (secondary N) is 2. The minimum atomic E-state index is -0.113. The number of guanidine groups is 1. The lowest BCUT2D eigenvalue weighted by Gasteiger charge is -2.34. The zero-order valence-electron chi connectivity index (χ0n) is 19.9. The summed E-state index contributed by atoms with van der Waals surface area (Å²) in [6.45, 7) is 8.71. The number of nitrogens with zero attached hydrogens (tertiary/aromatic N) is 3. The lowest BCUT2D eigenvalue weighted by Crippen LogP contribution is -2.48. The van der Waals surface area contributed by atoms with Crippen molar-refractivity contribution in [3.63, 3.8) is 0 Å². The second-order valence-electron chi connectivity index (χ2n) is 9.26. The number of anilines is 1. The van der Waals surface area contributed by atoms with Crippen LogP contribution in [0.5, 0.6) is 0 Å². The van der Waals surface area contributed by atoms with Crippen molar-refractivity contribution < 1.29 is 5.11 Å². The predicted octanol–water partition coefficient (Wildman–Crippen LogP) is 3.37. The van der Waals surface area contributed by atoms with E-state index in [4.69, 9.17) is 4.99 Å². The number of aliphatic imine (C=N–C) groups is 1. The zero-order chi connectivity index (χ0) is 22.9. The van der Waals surface area contributed by atoms with Gasteiger partial charge in [-0.2, -0.15) is 0 Å². The van der Waals surface area contributed by atoms with Crippen LogP contribution >= 0.6 is 0 Å². The molecular weight excluding hydrogens is 410 g/mol. The number of hydrogen-bond acceptors (Lipinski definition) is 4. The van der Waals surface area contributed by atoms with Crippen LogP contribution in [0.25, 0.3) is 0 Å². The van der Waals surface area contributed by atoms with Crippen molar-refractivity contribution in [2.45, 2.75) is 57.8 Å². The molecule has 0 atom stereocenters. The third-order valence-corrected chi connectivity index (χ3v) is 6.71. The fourth-order valence-electron chi connectivity index (χ4n) is 4.69. The van der Waals surface area contributed by atoms with Crippen molar-refractivity contribution in [1.82, 2.24) is 15.5 Å². The fraction of sp³-hybridized carbons (Fsp3) is 0.519. The molecule has 2 saturated heterocycles. The maximum atomic E-state index is 9.68. The molecule has 2 heterocycles. The highest BCUT2D eigenvalue weighted by molar-refractivity contribution is 5.80. The minimum absolute atomic E-state index is 0.113. The molecule has 3 N–H and O–H groups in total. The standard InChI is InChI=1S/C27H39N5O/c1-2-28-27(30-24-12-18-32(19-13-24)25-6-4-3-5-7-25)29-20-22-8-10-23(11-9-22)21-31-16-14-26(33)15-17-31/h3-11,24,26,33H,2,12-21H2,1H3,(H2,28,29,30). The van der Waals surface area contributed by atoms with Gasteiger partial charge in [0, 0.05) is 51.0 Å². The molecule has 0 unspecified atom stereocenters. The molecule has 2 aliphatic heterocycles. The van der Waals surface area contributed by atoms with Gasteiger partial charge in [-0.05, 0) is 55.9 Å². The van der Waals surface area contributed by atoms with Gasteiger partial charge in [-0.25, -0.2) is 4.99 Å². The van der Waals surface area contributed by atoms with Crippen LogP contribution in [0.2, 0.25) is 0 Å². The van der Waals surface area contributed by atoms with Crippen LogP contribution in [0.3, 0.4) is 0 Å². The molecule has 33 heavy (non-hydrogen) atoms. The molecule has 2 aromatic carbocycles. The molecule has 2 fully saturated rings. The first-order valence-electron chi connectivity index (χ1n) is 12.5. The number of aliphatic hydroxyl groups excluding tert-OH is 1. The first-order valence-corrected chi connectivity index (χ1v) is 12.5. The highest BCUT2D eigenvalue weighted by Crippen LogP contribution is 2.19. The van der Waals surface area contributed by atoms with Gasteiger partial charge in [-0.1, -0.05) is 42.5 Å². The van der Waals surface area contributed by atoms with E-state index in [1.54, 1.807) is 0 Å². The number of rotatable bonds is 7. The first-order chi connectivity index (χ1) is 16.2. The SMILES string of the molecule is CCNC(=NCc1ccc(CN2CCC(O)CC2)cc1)NC1CCN(c2ccccc2)CC1. The van der Waals surface area contributed by atoms with Crippen molar-refractivity contribution in [1.29, 1.82) is 0 Å². The van der Waals surface area contributed by atoms with Gasteiger partial charge in [0.1, 0.15) is 0 Å². The summed E-state index contributed by atoms with van der Waals surface area (Å²) in [4.78, 5) is 9.75. The Morgan fingerprint density at radius 3 is 2.24 bits per heavy atom. The second kappa shape index (κ2) is 12.1. The van der Waals surface area contributed by atoms with E-state index in [0.29, 0.717) is 12.6 Å². The topological polar surface area (TPSA) is 63.1 Å². The van der Waals surface area contributed by atoms with Crippen LogP contribution in [0.1, 0.15) is 43.7 Å². The molecule has 4 rings (SSSR count). The van der Waals surface area contributed by atoms with Crippen LogP contribution in [-0.2, 0) is 13.1 Å². The third-order valence-electron chi connectivity index (χ3n) is 6.71. The van der Waals surface area contributed by atoms with Crippen LogP contribution in [0.4, 0.5) is 5.69 Å². The van der Waals surface area contributed by atoms with Gasteiger partial charge in [0.05, 0.1) is 12.6 Å². The van der Waals surface area contributed by atoms with Gasteiger partial charge in [-0.15, -0.1) is 0 Å². The Bertz CT molecular complexity index is 854. The van der Waals surface area contributed by atoms with Crippen LogP contribution < -0.4 is 15.5 Å². The average Bonchev–Trinajstić information content (AvgIpc) is 2.86. The monoisotopic (exact) mass is 449 g/mol. The van der Waals surface area contributed by atoms with Crippen LogP contribution in [0, 0.1) is 0 Å². The predicted molar refractivity (Wildman–Crippen MR) is 137 cm³/mol. The summed E-state index contributed by atoms with van der Waals surface area (Å²) in [6.07, 6.45) is 3.89. The molecule has 0 amide bonds. The van der Waals surface area contributed by atoms with Gasteiger partial charge >= 0.3 is 0 Å². The maximum Gasteiger partial charge on any atom is 0.191 e. The number of piperidine rings is 2. The van der Waals surface area contributed by atoms with E-state index in [0.717, 1.165) is 70.9 Å². The molecular formula is C27H39N5O. The van der Waals surface area contributed by atoms with Crippen LogP contribution in [-0.4, -0.2) is 60.8 Å². The van der Waals surface area contributed by atoms with E-state index in [1.807, 2.05) is 0 Å². The van der Waals surface area contributed by atoms with Crippen molar-refractivity contribution in [2.75, 3.05) is 37.6 Å². The number of hydrogen-bond donors (Lipinski definition) is 3. The van der Waals surface area contributed by atoms with E-state index in [1.165, 1.54) is 16.8 Å². The van der Waals surface area contributed by atoms with Gasteiger partial charge < -0.3 is 20.6 Å². The lowest BCUT2D eigenvalue weighted by atomic mass is 10.0. The molecule has 0 aliphatic carbocycles. The molecule has 6 heteroatoms. The largest absolute Gasteiger partial charge is 0.393 e. The molecule has 2 aromatic rings. The quantitative estimate of drug-likeness (QED) is 0.447. The Labute approximate surface area is 198 Å². The normalized spacial score (nSPS) is 19.0. The summed E-state index contributed by atoms with van der Waals surface area (Å²) in [7, 11) is 0. The second-order valence-corrected chi connectivity index (χ2v) is 9.26. The summed E-state index contributed by atoms with van der Waals surface area (Å²) in [6, 6.07) is 20.0. The van der Waals surface area contributed by atoms with E-state index >= 15 is 0 Å². The summed E-state index contributed by atoms with van der Waals surface area (Å²) in [5.41, 5.74) is 3.87. The molecule has 2 aliphatic rings. The van der Waals surface area contributed by atoms with E-state index < -0.39 is 0 Å². The summed E-state index contributed by atoms with van der Waals surface area (Å²) in [5, 5.41) is 16.7. The number of likely N-dealkylation sites (tertiary alicyclic amines) is 1. The van der Waals surface area contributed by atoms with Crippen molar-refractivity contribution in [3.8, 4) is 0 Å². The Hall–Kier alpha value is -2.57. The molecule has 0 bridgehead atoms. The van der Waals surface area contributed by atoms with E-state index in [2.05, 4.69) is 82.0 Å². The Kier molecular flexibility index (Phi) is 8.61. The number of aliphatic hydroxyl groups is 1.